The van der Waals surface area contributed by atoms with Crippen molar-refractivity contribution in [1.29, 1.82) is 0 Å². The molecule has 0 amide bonds. The van der Waals surface area contributed by atoms with Crippen molar-refractivity contribution in [2.75, 3.05) is 20.3 Å². The summed E-state index contributed by atoms with van der Waals surface area (Å²) < 4.78 is 11.7. The molecule has 0 N–H and O–H groups in total. The number of carbonyl (C=O) groups is 1. The van der Waals surface area contributed by atoms with Crippen LogP contribution in [0.4, 0.5) is 0 Å². The summed E-state index contributed by atoms with van der Waals surface area (Å²) in [7, 11) is 1.55. The third-order valence-corrected chi connectivity index (χ3v) is 2.85. The van der Waals surface area contributed by atoms with Crippen LogP contribution in [0.1, 0.15) is 23.3 Å². The molecule has 2 rings (SSSR count). The molecular weight excluding hydrogens is 208 g/mol. The normalized spacial score (nSPS) is 17.4. The van der Waals surface area contributed by atoms with Gasteiger partial charge in [-0.1, -0.05) is 0 Å². The Balaban J connectivity index is 2.15. The van der Waals surface area contributed by atoms with E-state index in [9.17, 15) is 4.79 Å². The molecule has 1 aliphatic heterocycles. The van der Waals surface area contributed by atoms with E-state index in [0.29, 0.717) is 19.1 Å². The van der Waals surface area contributed by atoms with Crippen molar-refractivity contribution in [2.45, 2.75) is 19.8 Å². The first-order valence-electron chi connectivity index (χ1n) is 5.45. The van der Waals surface area contributed by atoms with E-state index in [2.05, 4.69) is 5.10 Å². The number of hydrogen-bond donors (Lipinski definition) is 0. The molecule has 16 heavy (non-hydrogen) atoms. The fourth-order valence-corrected chi connectivity index (χ4v) is 1.89. The molecule has 0 atom stereocenters. The molecule has 0 unspecified atom stereocenters. The molecule has 0 saturated carbocycles. The smallest absolute Gasteiger partial charge is 0.250 e. The summed E-state index contributed by atoms with van der Waals surface area (Å²) in [6, 6.07) is 1.76. The van der Waals surface area contributed by atoms with Crippen LogP contribution in [0.15, 0.2) is 6.07 Å². The first kappa shape index (κ1) is 11.1. The second kappa shape index (κ2) is 4.65. The first-order valence-corrected chi connectivity index (χ1v) is 5.45. The molecule has 0 aliphatic carbocycles. The van der Waals surface area contributed by atoms with Crippen molar-refractivity contribution in [3.05, 3.63) is 11.8 Å². The minimum Gasteiger partial charge on any atom is -0.480 e. The van der Waals surface area contributed by atoms with Gasteiger partial charge in [0.05, 0.1) is 7.11 Å². The van der Waals surface area contributed by atoms with Gasteiger partial charge < -0.3 is 9.47 Å². The van der Waals surface area contributed by atoms with Crippen LogP contribution in [-0.4, -0.2) is 36.0 Å². The van der Waals surface area contributed by atoms with Gasteiger partial charge in [0.25, 0.3) is 0 Å². The lowest BCUT2D eigenvalue weighted by Crippen LogP contribution is -2.29. The second-order valence-electron chi connectivity index (χ2n) is 3.96. The number of nitrogens with zero attached hydrogens (tertiary/aromatic N) is 2. The molecule has 1 aromatic heterocycles. The van der Waals surface area contributed by atoms with Gasteiger partial charge in [-0.15, -0.1) is 5.10 Å². The van der Waals surface area contributed by atoms with Gasteiger partial charge in [0.15, 0.2) is 0 Å². The number of rotatable bonds is 2. The highest BCUT2D eigenvalue weighted by atomic mass is 16.5. The summed E-state index contributed by atoms with van der Waals surface area (Å²) in [5.41, 5.74) is 0.813. The van der Waals surface area contributed by atoms with Crippen LogP contribution in [0.25, 0.3) is 0 Å². The van der Waals surface area contributed by atoms with Gasteiger partial charge in [-0.25, -0.2) is 4.68 Å². The highest BCUT2D eigenvalue weighted by molar-refractivity contribution is 5.81. The molecule has 88 valence electrons. The van der Waals surface area contributed by atoms with Gasteiger partial charge in [0, 0.05) is 30.9 Å². The van der Waals surface area contributed by atoms with E-state index in [-0.39, 0.29) is 11.8 Å². The topological polar surface area (TPSA) is 53.4 Å². The fraction of sp³-hybridized carbons (Fsp3) is 0.636. The lowest BCUT2D eigenvalue weighted by Gasteiger charge is -2.20. The van der Waals surface area contributed by atoms with E-state index in [1.54, 1.807) is 13.2 Å². The first-order chi connectivity index (χ1) is 7.72. The van der Waals surface area contributed by atoms with E-state index in [4.69, 9.17) is 9.47 Å². The van der Waals surface area contributed by atoms with E-state index in [1.165, 1.54) is 4.68 Å². The zero-order chi connectivity index (χ0) is 11.5. The Labute approximate surface area is 94.3 Å². The number of methoxy groups -OCH3 is 1. The Kier molecular flexibility index (Phi) is 3.24. The number of aryl methyl sites for hydroxylation is 1. The summed E-state index contributed by atoms with van der Waals surface area (Å²) >= 11 is 0. The molecule has 0 spiro atoms. The molecule has 1 fully saturated rings. The predicted molar refractivity (Wildman–Crippen MR) is 57.7 cm³/mol. The third-order valence-electron chi connectivity index (χ3n) is 2.85. The Hall–Kier alpha value is -1.36. The molecule has 0 aromatic carbocycles. The Bertz CT molecular complexity index is 381. The standard InChI is InChI=1S/C11H16N2O3/c1-8-7-10(15-2)12-13(8)11(14)9-3-5-16-6-4-9/h7,9H,3-6H2,1-2H3. The van der Waals surface area contributed by atoms with Gasteiger partial charge in [-0.2, -0.15) is 0 Å². The van der Waals surface area contributed by atoms with Crippen LogP contribution in [-0.2, 0) is 4.74 Å². The van der Waals surface area contributed by atoms with Crippen LogP contribution in [0.3, 0.4) is 0 Å². The second-order valence-corrected chi connectivity index (χ2v) is 3.96. The van der Waals surface area contributed by atoms with Crippen molar-refractivity contribution in [3.63, 3.8) is 0 Å². The summed E-state index contributed by atoms with van der Waals surface area (Å²) in [4.78, 5) is 12.1. The van der Waals surface area contributed by atoms with Crippen molar-refractivity contribution in [1.82, 2.24) is 9.78 Å². The lowest BCUT2D eigenvalue weighted by molar-refractivity contribution is 0.0472. The van der Waals surface area contributed by atoms with E-state index in [1.807, 2.05) is 6.92 Å². The molecule has 1 saturated heterocycles. The van der Waals surface area contributed by atoms with E-state index in [0.717, 1.165) is 18.5 Å². The quantitative estimate of drug-likeness (QED) is 0.759. The van der Waals surface area contributed by atoms with Crippen LogP contribution >= 0.6 is 0 Å². The molecule has 5 nitrogen and oxygen atoms in total. The zero-order valence-electron chi connectivity index (χ0n) is 9.60. The van der Waals surface area contributed by atoms with Crippen LogP contribution in [0.5, 0.6) is 5.88 Å². The average Bonchev–Trinajstić information content (AvgIpc) is 2.71. The number of aromatic nitrogens is 2. The van der Waals surface area contributed by atoms with Gasteiger partial charge in [-0.3, -0.25) is 4.79 Å². The summed E-state index contributed by atoms with van der Waals surface area (Å²) in [6.07, 6.45) is 1.56. The average molecular weight is 224 g/mol. The molecule has 1 aliphatic rings. The summed E-state index contributed by atoms with van der Waals surface area (Å²) in [6.45, 7) is 3.18. The van der Waals surface area contributed by atoms with Crippen LogP contribution in [0.2, 0.25) is 0 Å². The minimum atomic E-state index is 0.0251. The largest absolute Gasteiger partial charge is 0.480 e. The van der Waals surface area contributed by atoms with Crippen molar-refractivity contribution in [2.24, 2.45) is 5.92 Å². The van der Waals surface area contributed by atoms with Crippen LogP contribution < -0.4 is 4.74 Å². The molecular formula is C11H16N2O3. The third kappa shape index (κ3) is 2.09. The molecule has 2 heterocycles. The van der Waals surface area contributed by atoms with E-state index < -0.39 is 0 Å². The number of hydrogen-bond acceptors (Lipinski definition) is 4. The van der Waals surface area contributed by atoms with Crippen molar-refractivity contribution < 1.29 is 14.3 Å². The van der Waals surface area contributed by atoms with Gasteiger partial charge in [-0.05, 0) is 19.8 Å². The fourth-order valence-electron chi connectivity index (χ4n) is 1.89. The maximum atomic E-state index is 12.1. The molecule has 0 bridgehead atoms. The molecule has 0 radical (unpaired) electrons. The SMILES string of the molecule is COc1cc(C)n(C(=O)C2CCOCC2)n1. The van der Waals surface area contributed by atoms with E-state index >= 15 is 0 Å². The monoisotopic (exact) mass is 224 g/mol. The lowest BCUT2D eigenvalue weighted by atomic mass is 9.99. The maximum absolute atomic E-state index is 12.1. The van der Waals surface area contributed by atoms with Gasteiger partial charge in [0.1, 0.15) is 0 Å². The van der Waals surface area contributed by atoms with Crippen molar-refractivity contribution in [3.8, 4) is 5.88 Å². The summed E-state index contributed by atoms with van der Waals surface area (Å²) in [5.74, 6) is 0.555. The van der Waals surface area contributed by atoms with Gasteiger partial charge in [0.2, 0.25) is 11.8 Å². The van der Waals surface area contributed by atoms with Gasteiger partial charge >= 0.3 is 0 Å². The Morgan fingerprint density at radius 1 is 1.56 bits per heavy atom. The zero-order valence-corrected chi connectivity index (χ0v) is 9.60. The predicted octanol–water partition coefficient (Wildman–Crippen LogP) is 1.27. The number of carbonyl (C=O) groups excluding carboxylic acids is 1. The van der Waals surface area contributed by atoms with Crippen LogP contribution in [0, 0.1) is 12.8 Å². The number of ether oxygens (including phenoxy) is 2. The highest BCUT2D eigenvalue weighted by Crippen LogP contribution is 2.19. The summed E-state index contributed by atoms with van der Waals surface area (Å²) in [5, 5.41) is 4.11. The Morgan fingerprint density at radius 2 is 2.25 bits per heavy atom. The maximum Gasteiger partial charge on any atom is 0.250 e. The molecule has 5 heteroatoms. The van der Waals surface area contributed by atoms with Crippen molar-refractivity contribution >= 4 is 5.91 Å². The Morgan fingerprint density at radius 3 is 2.81 bits per heavy atom. The highest BCUT2D eigenvalue weighted by Gasteiger charge is 2.25. The molecule has 1 aromatic rings. The minimum absolute atomic E-state index is 0.0251.